The molecule has 1 saturated carbocycles. The van der Waals surface area contributed by atoms with Crippen LogP contribution in [0.5, 0.6) is 0 Å². The van der Waals surface area contributed by atoms with E-state index in [-0.39, 0.29) is 5.82 Å². The monoisotopic (exact) mass is 447 g/mol. The molecule has 4 rings (SSSR count). The molecule has 4 heteroatoms. The molecule has 1 aromatic heterocycles. The molecule has 0 aliphatic heterocycles. The highest BCUT2D eigenvalue weighted by Crippen LogP contribution is 2.27. The molecular weight excluding hydrogens is 409 g/mol. The Kier molecular flexibility index (Phi) is 8.33. The molecule has 0 spiro atoms. The standard InChI is InChI=1S/C29H38FN3/c1-3-4-18-33-28(19-31-29(33)26-14-16-27(30)17-15-26)22-32(20-24-8-6-5-7-9-24)21-25-12-10-23(2)11-13-25/h10-17,19,24H,3-9,18,20-22H2,1-2H3. The third-order valence-electron chi connectivity index (χ3n) is 6.93. The van der Waals surface area contributed by atoms with Crippen LogP contribution in [0.3, 0.4) is 0 Å². The van der Waals surface area contributed by atoms with Crippen molar-refractivity contribution in [3.63, 3.8) is 0 Å². The van der Waals surface area contributed by atoms with E-state index in [1.807, 2.05) is 18.3 Å². The van der Waals surface area contributed by atoms with E-state index in [2.05, 4.69) is 47.6 Å². The fourth-order valence-corrected chi connectivity index (χ4v) is 5.03. The van der Waals surface area contributed by atoms with Crippen LogP contribution in [-0.2, 0) is 19.6 Å². The summed E-state index contributed by atoms with van der Waals surface area (Å²) in [5.41, 5.74) is 4.91. The van der Waals surface area contributed by atoms with Gasteiger partial charge in [0.15, 0.2) is 0 Å². The van der Waals surface area contributed by atoms with Crippen molar-refractivity contribution in [3.8, 4) is 11.4 Å². The average Bonchev–Trinajstić information content (AvgIpc) is 3.22. The van der Waals surface area contributed by atoms with Crippen molar-refractivity contribution in [2.45, 2.75) is 78.4 Å². The third-order valence-corrected chi connectivity index (χ3v) is 6.93. The molecule has 0 unspecified atom stereocenters. The van der Waals surface area contributed by atoms with Crippen LogP contribution >= 0.6 is 0 Å². The Bertz CT molecular complexity index is 985. The average molecular weight is 448 g/mol. The highest BCUT2D eigenvalue weighted by Gasteiger charge is 2.20. The third kappa shape index (κ3) is 6.54. The lowest BCUT2D eigenvalue weighted by Crippen LogP contribution is -2.31. The Morgan fingerprint density at radius 1 is 0.970 bits per heavy atom. The number of imidazole rings is 1. The first-order valence-electron chi connectivity index (χ1n) is 12.7. The van der Waals surface area contributed by atoms with Gasteiger partial charge in [0.05, 0.1) is 11.9 Å². The molecule has 0 N–H and O–H groups in total. The summed E-state index contributed by atoms with van der Waals surface area (Å²) in [4.78, 5) is 7.42. The molecule has 1 aliphatic rings. The van der Waals surface area contributed by atoms with E-state index in [0.29, 0.717) is 0 Å². The Morgan fingerprint density at radius 3 is 2.39 bits per heavy atom. The zero-order chi connectivity index (χ0) is 23.0. The summed E-state index contributed by atoms with van der Waals surface area (Å²) in [6, 6.07) is 15.7. The van der Waals surface area contributed by atoms with Crippen LogP contribution < -0.4 is 0 Å². The van der Waals surface area contributed by atoms with Crippen molar-refractivity contribution in [3.05, 3.63) is 77.4 Å². The lowest BCUT2D eigenvalue weighted by atomic mass is 9.89. The van der Waals surface area contributed by atoms with Gasteiger partial charge in [0.2, 0.25) is 0 Å². The summed E-state index contributed by atoms with van der Waals surface area (Å²) in [6.07, 6.45) is 11.1. The predicted octanol–water partition coefficient (Wildman–Crippen LogP) is 7.38. The molecule has 1 heterocycles. The van der Waals surface area contributed by atoms with Gasteiger partial charge in [-0.15, -0.1) is 0 Å². The van der Waals surface area contributed by atoms with Gasteiger partial charge < -0.3 is 4.57 Å². The number of nitrogens with zero attached hydrogens (tertiary/aromatic N) is 3. The van der Waals surface area contributed by atoms with E-state index in [9.17, 15) is 4.39 Å². The van der Waals surface area contributed by atoms with Gasteiger partial charge in [-0.25, -0.2) is 9.37 Å². The van der Waals surface area contributed by atoms with E-state index >= 15 is 0 Å². The smallest absolute Gasteiger partial charge is 0.140 e. The summed E-state index contributed by atoms with van der Waals surface area (Å²) in [5, 5.41) is 0. The molecule has 3 aromatic rings. The summed E-state index contributed by atoms with van der Waals surface area (Å²) in [7, 11) is 0. The minimum absolute atomic E-state index is 0.206. The molecule has 3 nitrogen and oxygen atoms in total. The number of rotatable bonds is 10. The summed E-state index contributed by atoms with van der Waals surface area (Å²) in [5.74, 6) is 1.53. The van der Waals surface area contributed by atoms with Gasteiger partial charge in [-0.05, 0) is 61.9 Å². The van der Waals surface area contributed by atoms with Crippen molar-refractivity contribution in [2.24, 2.45) is 5.92 Å². The second-order valence-electron chi connectivity index (χ2n) is 9.74. The second-order valence-corrected chi connectivity index (χ2v) is 9.74. The van der Waals surface area contributed by atoms with Gasteiger partial charge in [0.25, 0.3) is 0 Å². The number of benzene rings is 2. The Labute approximate surface area is 198 Å². The van der Waals surface area contributed by atoms with Crippen molar-refractivity contribution in [2.75, 3.05) is 6.54 Å². The van der Waals surface area contributed by atoms with Crippen LogP contribution in [-0.4, -0.2) is 21.0 Å². The van der Waals surface area contributed by atoms with Gasteiger partial charge in [0, 0.05) is 31.7 Å². The van der Waals surface area contributed by atoms with E-state index in [4.69, 9.17) is 4.98 Å². The van der Waals surface area contributed by atoms with E-state index in [1.54, 1.807) is 0 Å². The summed E-state index contributed by atoms with van der Waals surface area (Å²) < 4.78 is 15.9. The summed E-state index contributed by atoms with van der Waals surface area (Å²) >= 11 is 0. The maximum Gasteiger partial charge on any atom is 0.140 e. The zero-order valence-corrected chi connectivity index (χ0v) is 20.3. The molecule has 0 bridgehead atoms. The fourth-order valence-electron chi connectivity index (χ4n) is 5.03. The van der Waals surface area contributed by atoms with E-state index < -0.39 is 0 Å². The Balaban J connectivity index is 1.59. The molecule has 33 heavy (non-hydrogen) atoms. The molecule has 2 aromatic carbocycles. The van der Waals surface area contributed by atoms with Crippen LogP contribution in [0.15, 0.2) is 54.7 Å². The first kappa shape index (κ1) is 23.7. The number of aryl methyl sites for hydroxylation is 1. The topological polar surface area (TPSA) is 21.1 Å². The maximum atomic E-state index is 13.5. The van der Waals surface area contributed by atoms with Gasteiger partial charge in [0.1, 0.15) is 11.6 Å². The van der Waals surface area contributed by atoms with Crippen molar-refractivity contribution in [1.82, 2.24) is 14.5 Å². The normalized spacial score (nSPS) is 14.8. The molecule has 0 amide bonds. The number of unbranched alkanes of at least 4 members (excludes halogenated alkanes) is 1. The number of hydrogen-bond donors (Lipinski definition) is 0. The van der Waals surface area contributed by atoms with Crippen LogP contribution in [0.2, 0.25) is 0 Å². The SMILES string of the molecule is CCCCn1c(CN(Cc2ccc(C)cc2)CC2CCCCC2)cnc1-c1ccc(F)cc1. The van der Waals surface area contributed by atoms with Crippen LogP contribution in [0.25, 0.3) is 11.4 Å². The zero-order valence-electron chi connectivity index (χ0n) is 20.3. The van der Waals surface area contributed by atoms with Gasteiger partial charge >= 0.3 is 0 Å². The van der Waals surface area contributed by atoms with Gasteiger partial charge in [-0.2, -0.15) is 0 Å². The number of aromatic nitrogens is 2. The molecule has 0 saturated heterocycles. The molecule has 176 valence electrons. The molecule has 0 radical (unpaired) electrons. The molecule has 0 atom stereocenters. The predicted molar refractivity (Wildman–Crippen MR) is 134 cm³/mol. The van der Waals surface area contributed by atoms with Crippen molar-refractivity contribution in [1.29, 1.82) is 0 Å². The highest BCUT2D eigenvalue weighted by molar-refractivity contribution is 5.56. The fraction of sp³-hybridized carbons (Fsp3) is 0.483. The number of hydrogen-bond acceptors (Lipinski definition) is 2. The van der Waals surface area contributed by atoms with Crippen LogP contribution in [0, 0.1) is 18.7 Å². The van der Waals surface area contributed by atoms with Crippen LogP contribution in [0.1, 0.15) is 68.7 Å². The van der Waals surface area contributed by atoms with E-state index in [0.717, 1.165) is 56.3 Å². The molecule has 1 aliphatic carbocycles. The lowest BCUT2D eigenvalue weighted by molar-refractivity contribution is 0.183. The van der Waals surface area contributed by atoms with Crippen molar-refractivity contribution < 1.29 is 4.39 Å². The van der Waals surface area contributed by atoms with Crippen molar-refractivity contribution >= 4 is 0 Å². The minimum Gasteiger partial charge on any atom is -0.327 e. The Hall–Kier alpha value is -2.46. The first-order chi connectivity index (χ1) is 16.1. The maximum absolute atomic E-state index is 13.5. The molecular formula is C29H38FN3. The van der Waals surface area contributed by atoms with Gasteiger partial charge in [-0.3, -0.25) is 4.90 Å². The highest BCUT2D eigenvalue weighted by atomic mass is 19.1. The summed E-state index contributed by atoms with van der Waals surface area (Å²) in [6.45, 7) is 8.30. The minimum atomic E-state index is -0.206. The second kappa shape index (κ2) is 11.6. The lowest BCUT2D eigenvalue weighted by Gasteiger charge is -2.30. The molecule has 1 fully saturated rings. The largest absolute Gasteiger partial charge is 0.327 e. The Morgan fingerprint density at radius 2 is 1.70 bits per heavy atom. The van der Waals surface area contributed by atoms with E-state index in [1.165, 1.54) is 61.1 Å². The first-order valence-corrected chi connectivity index (χ1v) is 12.7. The number of halogens is 1. The van der Waals surface area contributed by atoms with Crippen LogP contribution in [0.4, 0.5) is 4.39 Å². The quantitative estimate of drug-likeness (QED) is 0.323. The van der Waals surface area contributed by atoms with Gasteiger partial charge in [-0.1, -0.05) is 62.4 Å².